The van der Waals surface area contributed by atoms with E-state index in [4.69, 9.17) is 5.73 Å². The summed E-state index contributed by atoms with van der Waals surface area (Å²) in [6.45, 7) is 2.33. The van der Waals surface area contributed by atoms with E-state index in [1.165, 1.54) is 23.5 Å². The highest BCUT2D eigenvalue weighted by atomic mass is 32.2. The van der Waals surface area contributed by atoms with Gasteiger partial charge in [-0.2, -0.15) is 0 Å². The number of hydrogen-bond acceptors (Lipinski definition) is 3. The first-order valence-electron chi connectivity index (χ1n) is 5.32. The highest BCUT2D eigenvalue weighted by Gasteiger charge is 2.20. The molecule has 1 aromatic rings. The third-order valence-corrected chi connectivity index (χ3v) is 4.38. The fourth-order valence-corrected chi connectivity index (χ4v) is 2.57. The number of halogens is 1. The van der Waals surface area contributed by atoms with Crippen molar-refractivity contribution >= 4 is 10.0 Å². The van der Waals surface area contributed by atoms with Gasteiger partial charge in [0.2, 0.25) is 10.0 Å². The second-order valence-corrected chi connectivity index (χ2v) is 5.92. The molecule has 1 aromatic carbocycles. The predicted molar refractivity (Wildman–Crippen MR) is 64.6 cm³/mol. The molecule has 4 nitrogen and oxygen atoms in total. The van der Waals surface area contributed by atoms with Gasteiger partial charge in [0, 0.05) is 13.6 Å². The quantitative estimate of drug-likeness (QED) is 0.862. The molecule has 0 saturated heterocycles. The number of nitrogens with zero attached hydrogens (tertiary/aromatic N) is 1. The van der Waals surface area contributed by atoms with Crippen LogP contribution in [0.3, 0.4) is 0 Å². The zero-order valence-electron chi connectivity index (χ0n) is 9.98. The van der Waals surface area contributed by atoms with E-state index in [0.717, 1.165) is 6.07 Å². The summed E-state index contributed by atoms with van der Waals surface area (Å²) in [7, 11) is -2.15. The Balaban J connectivity index is 3.00. The minimum Gasteiger partial charge on any atom is -0.330 e. The number of nitrogens with two attached hydrogens (primary N) is 1. The van der Waals surface area contributed by atoms with Gasteiger partial charge in [-0.25, -0.2) is 17.1 Å². The summed E-state index contributed by atoms with van der Waals surface area (Å²) >= 11 is 0. The van der Waals surface area contributed by atoms with Crippen molar-refractivity contribution in [2.24, 2.45) is 5.73 Å². The van der Waals surface area contributed by atoms with Crippen molar-refractivity contribution in [3.05, 3.63) is 29.6 Å². The van der Waals surface area contributed by atoms with Crippen LogP contribution in [0.4, 0.5) is 4.39 Å². The number of sulfonamides is 1. The Morgan fingerprint density at radius 2 is 2.06 bits per heavy atom. The Bertz CT molecular complexity index is 488. The monoisotopic (exact) mass is 260 g/mol. The molecule has 0 saturated carbocycles. The van der Waals surface area contributed by atoms with Gasteiger partial charge in [0.1, 0.15) is 5.82 Å². The molecular weight excluding hydrogens is 243 g/mol. The first-order chi connectivity index (χ1) is 7.89. The SMILES string of the molecule is Cc1ccc(S(=O)(=O)N(C)CCCN)cc1F. The third kappa shape index (κ3) is 3.24. The molecule has 0 unspecified atom stereocenters. The summed E-state index contributed by atoms with van der Waals surface area (Å²) in [6, 6.07) is 3.91. The molecule has 6 heteroatoms. The highest BCUT2D eigenvalue weighted by molar-refractivity contribution is 7.89. The van der Waals surface area contributed by atoms with Crippen LogP contribution in [0, 0.1) is 12.7 Å². The molecule has 0 radical (unpaired) electrons. The summed E-state index contributed by atoms with van der Waals surface area (Å²) < 4.78 is 38.5. The minimum absolute atomic E-state index is 0.0277. The van der Waals surface area contributed by atoms with E-state index in [9.17, 15) is 12.8 Å². The lowest BCUT2D eigenvalue weighted by atomic mass is 10.2. The van der Waals surface area contributed by atoms with Crippen LogP contribution in [0.1, 0.15) is 12.0 Å². The molecule has 0 fully saturated rings. The minimum atomic E-state index is -3.61. The van der Waals surface area contributed by atoms with Crippen molar-refractivity contribution in [3.63, 3.8) is 0 Å². The topological polar surface area (TPSA) is 63.4 Å². The van der Waals surface area contributed by atoms with Gasteiger partial charge in [0.05, 0.1) is 4.90 Å². The fraction of sp³-hybridized carbons (Fsp3) is 0.455. The molecule has 1 rings (SSSR count). The van der Waals surface area contributed by atoms with Crippen LogP contribution in [-0.2, 0) is 10.0 Å². The van der Waals surface area contributed by atoms with Crippen molar-refractivity contribution in [2.75, 3.05) is 20.1 Å². The third-order valence-electron chi connectivity index (χ3n) is 2.53. The van der Waals surface area contributed by atoms with E-state index in [2.05, 4.69) is 0 Å². The van der Waals surface area contributed by atoms with E-state index in [1.54, 1.807) is 6.92 Å². The van der Waals surface area contributed by atoms with Crippen LogP contribution in [0.25, 0.3) is 0 Å². The second-order valence-electron chi connectivity index (χ2n) is 3.88. The molecule has 96 valence electrons. The van der Waals surface area contributed by atoms with Crippen molar-refractivity contribution in [1.29, 1.82) is 0 Å². The number of hydrogen-bond donors (Lipinski definition) is 1. The van der Waals surface area contributed by atoms with Crippen LogP contribution in [0.5, 0.6) is 0 Å². The van der Waals surface area contributed by atoms with Gasteiger partial charge in [-0.15, -0.1) is 0 Å². The van der Waals surface area contributed by atoms with Crippen molar-refractivity contribution in [2.45, 2.75) is 18.2 Å². The molecule has 2 N–H and O–H groups in total. The summed E-state index contributed by atoms with van der Waals surface area (Å²) in [6.07, 6.45) is 0.573. The summed E-state index contributed by atoms with van der Waals surface area (Å²) in [5, 5.41) is 0. The lowest BCUT2D eigenvalue weighted by molar-refractivity contribution is 0.463. The maximum Gasteiger partial charge on any atom is 0.242 e. The lowest BCUT2D eigenvalue weighted by Gasteiger charge is -2.16. The highest BCUT2D eigenvalue weighted by Crippen LogP contribution is 2.17. The molecule has 0 amide bonds. The van der Waals surface area contributed by atoms with Gasteiger partial charge in [-0.3, -0.25) is 0 Å². The zero-order valence-corrected chi connectivity index (χ0v) is 10.8. The number of benzene rings is 1. The Kier molecular flexibility index (Phi) is 4.62. The lowest BCUT2D eigenvalue weighted by Crippen LogP contribution is -2.29. The maximum atomic E-state index is 13.3. The normalized spacial score (nSPS) is 12.1. The van der Waals surface area contributed by atoms with Gasteiger partial charge in [0.25, 0.3) is 0 Å². The first kappa shape index (κ1) is 14.1. The predicted octanol–water partition coefficient (Wildman–Crippen LogP) is 1.10. The largest absolute Gasteiger partial charge is 0.330 e. The van der Waals surface area contributed by atoms with E-state index in [-0.39, 0.29) is 4.90 Å². The summed E-state index contributed by atoms with van der Waals surface area (Å²) in [4.78, 5) is -0.0277. The maximum absolute atomic E-state index is 13.3. The molecular formula is C11H17FN2O2S. The van der Waals surface area contributed by atoms with Crippen LogP contribution in [-0.4, -0.2) is 32.9 Å². The standard InChI is InChI=1S/C11H17FN2O2S/c1-9-4-5-10(8-11(9)12)17(15,16)14(2)7-3-6-13/h4-5,8H,3,6-7,13H2,1-2H3. The van der Waals surface area contributed by atoms with Gasteiger partial charge in [-0.1, -0.05) is 6.07 Å². The van der Waals surface area contributed by atoms with Gasteiger partial charge < -0.3 is 5.73 Å². The summed E-state index contributed by atoms with van der Waals surface area (Å²) in [5.74, 6) is -0.515. The summed E-state index contributed by atoms with van der Waals surface area (Å²) in [5.41, 5.74) is 5.75. The molecule has 0 aliphatic carbocycles. The molecule has 0 aliphatic rings. The molecule has 0 atom stereocenters. The van der Waals surface area contributed by atoms with E-state index in [0.29, 0.717) is 25.1 Å². The van der Waals surface area contributed by atoms with Gasteiger partial charge in [0.15, 0.2) is 0 Å². The van der Waals surface area contributed by atoms with Crippen molar-refractivity contribution in [1.82, 2.24) is 4.31 Å². The van der Waals surface area contributed by atoms with Gasteiger partial charge in [-0.05, 0) is 37.6 Å². The molecule has 0 aliphatic heterocycles. The number of rotatable bonds is 5. The van der Waals surface area contributed by atoms with Crippen LogP contribution in [0.15, 0.2) is 23.1 Å². The van der Waals surface area contributed by atoms with Gasteiger partial charge >= 0.3 is 0 Å². The molecule has 0 spiro atoms. The smallest absolute Gasteiger partial charge is 0.242 e. The molecule has 0 heterocycles. The van der Waals surface area contributed by atoms with Crippen molar-refractivity contribution in [3.8, 4) is 0 Å². The van der Waals surface area contributed by atoms with Crippen LogP contribution >= 0.6 is 0 Å². The Labute approximate surface area is 101 Å². The fourth-order valence-electron chi connectivity index (χ4n) is 1.35. The molecule has 0 aromatic heterocycles. The molecule has 0 bridgehead atoms. The second kappa shape index (κ2) is 5.57. The first-order valence-corrected chi connectivity index (χ1v) is 6.76. The zero-order chi connectivity index (χ0) is 13.1. The number of aryl methyl sites for hydroxylation is 1. The van der Waals surface area contributed by atoms with Crippen molar-refractivity contribution < 1.29 is 12.8 Å². The van der Waals surface area contributed by atoms with E-state index >= 15 is 0 Å². The Morgan fingerprint density at radius 3 is 2.59 bits per heavy atom. The van der Waals surface area contributed by atoms with E-state index in [1.807, 2.05) is 0 Å². The molecule has 17 heavy (non-hydrogen) atoms. The Morgan fingerprint density at radius 1 is 1.41 bits per heavy atom. The average Bonchev–Trinajstić information content (AvgIpc) is 2.29. The average molecular weight is 260 g/mol. The van der Waals surface area contributed by atoms with Crippen LogP contribution in [0.2, 0.25) is 0 Å². The van der Waals surface area contributed by atoms with E-state index < -0.39 is 15.8 Å². The van der Waals surface area contributed by atoms with Crippen LogP contribution < -0.4 is 5.73 Å². The Hall–Kier alpha value is -0.980.